The first-order valence-corrected chi connectivity index (χ1v) is 3.22. The lowest BCUT2D eigenvalue weighted by atomic mass is 10.2. The molecule has 1 aromatic heterocycles. The van der Waals surface area contributed by atoms with Gasteiger partial charge in [0.2, 0.25) is 5.69 Å². The van der Waals surface area contributed by atoms with Crippen molar-refractivity contribution in [1.29, 1.82) is 0 Å². The topological polar surface area (TPSA) is 102 Å². The van der Waals surface area contributed by atoms with E-state index >= 15 is 0 Å². The Bertz CT molecular complexity index is 347. The van der Waals surface area contributed by atoms with E-state index in [0.29, 0.717) is 0 Å². The van der Waals surface area contributed by atoms with Gasteiger partial charge >= 0.3 is 12.1 Å². The van der Waals surface area contributed by atoms with E-state index in [4.69, 9.17) is 10.8 Å². The summed E-state index contributed by atoms with van der Waals surface area (Å²) in [5.74, 6) is -1.65. The van der Waals surface area contributed by atoms with Crippen LogP contribution in [0.15, 0.2) is 4.63 Å². The molecule has 0 spiro atoms. The van der Waals surface area contributed by atoms with Crippen molar-refractivity contribution < 1.29 is 27.7 Å². The van der Waals surface area contributed by atoms with Gasteiger partial charge in [-0.1, -0.05) is 5.16 Å². The molecule has 0 radical (unpaired) electrons. The Hall–Kier alpha value is -1.64. The zero-order chi connectivity index (χ0) is 10.9. The summed E-state index contributed by atoms with van der Waals surface area (Å²) in [6, 6.07) is -1.90. The number of hydrogen-bond donors (Lipinski definition) is 2. The van der Waals surface area contributed by atoms with Crippen molar-refractivity contribution in [3.8, 4) is 0 Å². The molecule has 1 aromatic rings. The second-order valence-corrected chi connectivity index (χ2v) is 2.31. The molecule has 0 fully saturated rings. The number of halogens is 3. The predicted molar refractivity (Wildman–Crippen MR) is 33.9 cm³/mol. The Morgan fingerprint density at radius 2 is 2.07 bits per heavy atom. The molecule has 0 aliphatic heterocycles. The van der Waals surface area contributed by atoms with Crippen molar-refractivity contribution in [2.45, 2.75) is 12.2 Å². The molecule has 1 rings (SSSR count). The fourth-order valence-corrected chi connectivity index (χ4v) is 0.713. The number of carbonyl (C=O) groups is 1. The highest BCUT2D eigenvalue weighted by Crippen LogP contribution is 2.31. The summed E-state index contributed by atoms with van der Waals surface area (Å²) in [6.07, 6.45) is -4.83. The number of nitrogens with zero attached hydrogens (tertiary/aromatic N) is 2. The molecule has 6 nitrogen and oxygen atoms in total. The molecule has 0 saturated carbocycles. The van der Waals surface area contributed by atoms with Crippen molar-refractivity contribution in [2.75, 3.05) is 0 Å². The lowest BCUT2D eigenvalue weighted by molar-refractivity contribution is -0.144. The molecule has 0 aliphatic carbocycles. The molecule has 1 atom stereocenters. The Kier molecular flexibility index (Phi) is 2.43. The van der Waals surface area contributed by atoms with Gasteiger partial charge in [-0.2, -0.15) is 13.2 Å². The van der Waals surface area contributed by atoms with Gasteiger partial charge in [0.05, 0.1) is 0 Å². The van der Waals surface area contributed by atoms with Gasteiger partial charge in [-0.05, 0) is 5.16 Å². The molecule has 3 N–H and O–H groups in total. The van der Waals surface area contributed by atoms with Crippen molar-refractivity contribution in [1.82, 2.24) is 10.3 Å². The maximum absolute atomic E-state index is 12.1. The van der Waals surface area contributed by atoms with Crippen LogP contribution in [0.2, 0.25) is 0 Å². The van der Waals surface area contributed by atoms with Gasteiger partial charge < -0.3 is 10.8 Å². The lowest BCUT2D eigenvalue weighted by Crippen LogP contribution is -2.24. The van der Waals surface area contributed by atoms with E-state index in [-0.39, 0.29) is 0 Å². The third-order valence-corrected chi connectivity index (χ3v) is 1.34. The zero-order valence-electron chi connectivity index (χ0n) is 6.45. The minimum absolute atomic E-state index is 0.940. The molecular formula is C5H4F3N3O3. The monoisotopic (exact) mass is 211 g/mol. The average Bonchev–Trinajstić information content (AvgIpc) is 2.48. The van der Waals surface area contributed by atoms with Crippen LogP contribution in [0.5, 0.6) is 0 Å². The molecule has 0 aromatic carbocycles. The van der Waals surface area contributed by atoms with Gasteiger partial charge in [0.25, 0.3) is 0 Å². The first-order valence-electron chi connectivity index (χ1n) is 3.22. The van der Waals surface area contributed by atoms with Gasteiger partial charge in [-0.3, -0.25) is 4.79 Å². The van der Waals surface area contributed by atoms with Gasteiger partial charge in [-0.25, -0.2) is 4.63 Å². The summed E-state index contributed by atoms with van der Waals surface area (Å²) in [7, 11) is 0. The number of hydrogen-bond acceptors (Lipinski definition) is 5. The van der Waals surface area contributed by atoms with Crippen LogP contribution in [-0.2, 0) is 11.0 Å². The number of rotatable bonds is 2. The lowest BCUT2D eigenvalue weighted by Gasteiger charge is -2.05. The zero-order valence-corrected chi connectivity index (χ0v) is 6.45. The number of nitrogens with two attached hydrogens (primary N) is 1. The number of carboxylic acids is 1. The molecule has 1 unspecified atom stereocenters. The van der Waals surface area contributed by atoms with Crippen LogP contribution in [0, 0.1) is 0 Å². The second kappa shape index (κ2) is 3.25. The van der Waals surface area contributed by atoms with Crippen LogP contribution in [0.3, 0.4) is 0 Å². The normalized spacial score (nSPS) is 14.0. The smallest absolute Gasteiger partial charge is 0.438 e. The summed E-state index contributed by atoms with van der Waals surface area (Å²) in [4.78, 5) is 10.3. The number of alkyl halides is 3. The Balaban J connectivity index is 3.11. The third-order valence-electron chi connectivity index (χ3n) is 1.34. The van der Waals surface area contributed by atoms with E-state index in [2.05, 4.69) is 14.9 Å². The molecule has 0 bridgehead atoms. The number of aliphatic carboxylic acids is 1. The minimum atomic E-state index is -4.83. The van der Waals surface area contributed by atoms with Crippen molar-refractivity contribution in [2.24, 2.45) is 5.73 Å². The summed E-state index contributed by atoms with van der Waals surface area (Å²) < 4.78 is 40.1. The minimum Gasteiger partial charge on any atom is -0.480 e. The van der Waals surface area contributed by atoms with E-state index in [1.807, 2.05) is 0 Å². The Morgan fingerprint density at radius 1 is 1.50 bits per heavy atom. The van der Waals surface area contributed by atoms with Crippen molar-refractivity contribution in [3.05, 3.63) is 11.4 Å². The van der Waals surface area contributed by atoms with Crippen LogP contribution in [-0.4, -0.2) is 21.4 Å². The average molecular weight is 211 g/mol. The highest BCUT2D eigenvalue weighted by atomic mass is 19.4. The van der Waals surface area contributed by atoms with Crippen LogP contribution in [0.25, 0.3) is 0 Å². The third kappa shape index (κ3) is 1.82. The SMILES string of the molecule is NC(C(=O)O)c1nonc1C(F)(F)F. The first-order chi connectivity index (χ1) is 6.34. The standard InChI is InChI=1S/C5H4F3N3O3/c6-5(7,8)3-2(10-14-11-3)1(9)4(12)13/h1H,9H2,(H,12,13). The molecule has 1 heterocycles. The van der Waals surface area contributed by atoms with Crippen LogP contribution >= 0.6 is 0 Å². The summed E-state index contributed by atoms with van der Waals surface area (Å²) in [5, 5.41) is 13.7. The van der Waals surface area contributed by atoms with Crippen LogP contribution in [0.4, 0.5) is 13.2 Å². The molecular weight excluding hydrogens is 207 g/mol. The molecule has 0 aliphatic rings. The number of carboxylic acid groups (broad SMARTS) is 1. The first kappa shape index (κ1) is 10.4. The molecule has 9 heteroatoms. The largest absolute Gasteiger partial charge is 0.480 e. The quantitative estimate of drug-likeness (QED) is 0.722. The summed E-state index contributed by atoms with van der Waals surface area (Å²) in [5.41, 5.74) is 2.46. The van der Waals surface area contributed by atoms with E-state index in [0.717, 1.165) is 0 Å². The van der Waals surface area contributed by atoms with Gasteiger partial charge in [0.1, 0.15) is 5.69 Å². The van der Waals surface area contributed by atoms with Gasteiger partial charge in [-0.15, -0.1) is 0 Å². The molecule has 14 heavy (non-hydrogen) atoms. The summed E-state index contributed by atoms with van der Waals surface area (Å²) >= 11 is 0. The van der Waals surface area contributed by atoms with E-state index in [9.17, 15) is 18.0 Å². The highest BCUT2D eigenvalue weighted by molar-refractivity contribution is 5.74. The van der Waals surface area contributed by atoms with E-state index in [1.54, 1.807) is 0 Å². The fraction of sp³-hybridized carbons (Fsp3) is 0.400. The molecule has 0 amide bonds. The molecule has 0 saturated heterocycles. The van der Waals surface area contributed by atoms with Gasteiger partial charge in [0, 0.05) is 0 Å². The van der Waals surface area contributed by atoms with E-state index < -0.39 is 29.6 Å². The Labute approximate surface area is 74.5 Å². The maximum Gasteiger partial charge on any atom is 0.438 e. The van der Waals surface area contributed by atoms with Gasteiger partial charge in [0.15, 0.2) is 6.04 Å². The maximum atomic E-state index is 12.1. The second-order valence-electron chi connectivity index (χ2n) is 2.31. The van der Waals surface area contributed by atoms with E-state index in [1.165, 1.54) is 0 Å². The Morgan fingerprint density at radius 3 is 2.50 bits per heavy atom. The fourth-order valence-electron chi connectivity index (χ4n) is 0.713. The summed E-state index contributed by atoms with van der Waals surface area (Å²) in [6.45, 7) is 0. The van der Waals surface area contributed by atoms with Crippen LogP contribution < -0.4 is 5.73 Å². The van der Waals surface area contributed by atoms with Crippen molar-refractivity contribution in [3.63, 3.8) is 0 Å². The molecule has 78 valence electrons. The van der Waals surface area contributed by atoms with Crippen LogP contribution in [0.1, 0.15) is 17.4 Å². The number of aromatic nitrogens is 2. The van der Waals surface area contributed by atoms with Crippen molar-refractivity contribution >= 4 is 5.97 Å². The predicted octanol–water partition coefficient (Wildman–Crippen LogP) is 0.173. The highest BCUT2D eigenvalue weighted by Gasteiger charge is 2.41.